The average molecular weight is 722 g/mol. The van der Waals surface area contributed by atoms with Crippen molar-refractivity contribution in [2.24, 2.45) is 7.05 Å². The van der Waals surface area contributed by atoms with Gasteiger partial charge in [-0.05, 0) is 118 Å². The van der Waals surface area contributed by atoms with Gasteiger partial charge in [0, 0.05) is 53.6 Å². The molecule has 0 atom stereocenters. The molecule has 0 aliphatic rings. The van der Waals surface area contributed by atoms with Crippen LogP contribution in [0.4, 0.5) is 34.4 Å². The van der Waals surface area contributed by atoms with Crippen LogP contribution >= 0.6 is 0 Å². The number of pyridine rings is 2. The molecule has 0 unspecified atom stereocenters. The van der Waals surface area contributed by atoms with Crippen molar-refractivity contribution in [3.05, 3.63) is 219 Å². The van der Waals surface area contributed by atoms with Gasteiger partial charge in [-0.25, -0.2) is 9.97 Å². The second kappa shape index (κ2) is 15.5. The lowest BCUT2D eigenvalue weighted by Gasteiger charge is -2.25. The first-order valence-corrected chi connectivity index (χ1v) is 18.8. The Morgan fingerprint density at radius 3 is 0.929 bits per heavy atom. The molecule has 0 saturated heterocycles. The van der Waals surface area contributed by atoms with Crippen molar-refractivity contribution < 1.29 is 0 Å². The zero-order valence-corrected chi connectivity index (χ0v) is 31.0. The normalized spacial score (nSPS) is 10.9. The second-order valence-corrected chi connectivity index (χ2v) is 13.6. The van der Waals surface area contributed by atoms with Crippen LogP contribution in [-0.2, 0) is 7.05 Å². The van der Waals surface area contributed by atoms with E-state index >= 15 is 0 Å². The zero-order valence-electron chi connectivity index (χ0n) is 31.0. The van der Waals surface area contributed by atoms with Crippen molar-refractivity contribution in [3.63, 3.8) is 0 Å². The molecule has 0 bridgehead atoms. The van der Waals surface area contributed by atoms with Crippen LogP contribution < -0.4 is 9.80 Å². The summed E-state index contributed by atoms with van der Waals surface area (Å²) < 4.78 is 2.27. The largest absolute Gasteiger partial charge is 0.344 e. The van der Waals surface area contributed by atoms with E-state index < -0.39 is 0 Å². The number of anilines is 6. The fourth-order valence-electron chi connectivity index (χ4n) is 7.32. The maximum Gasteiger partial charge on any atom is 0.137 e. The standard InChI is InChI=1S/C51H39N5/c1-54-48(42-22-30-46(31-23-42)55(50-16-8-10-36-52-50)44-26-18-40(19-27-44)38-12-4-2-5-13-38)34-35-49(54)43-24-32-47(33-25-43)56(51-17-9-11-37-53-51)45-28-20-41(21-29-45)39-14-6-3-7-15-39/h2-37H,1H3. The molecule has 5 heteroatoms. The molecule has 0 N–H and O–H groups in total. The molecule has 5 nitrogen and oxygen atoms in total. The topological polar surface area (TPSA) is 37.2 Å². The predicted molar refractivity (Wildman–Crippen MR) is 232 cm³/mol. The number of hydrogen-bond donors (Lipinski definition) is 0. The van der Waals surface area contributed by atoms with Gasteiger partial charge in [0.2, 0.25) is 0 Å². The van der Waals surface area contributed by atoms with Gasteiger partial charge in [-0.3, -0.25) is 9.80 Å². The van der Waals surface area contributed by atoms with Crippen LogP contribution in [-0.4, -0.2) is 14.5 Å². The number of benzene rings is 6. The summed E-state index contributed by atoms with van der Waals surface area (Å²) >= 11 is 0. The monoisotopic (exact) mass is 721 g/mol. The molecular formula is C51H39N5. The van der Waals surface area contributed by atoms with E-state index in [2.05, 4.69) is 179 Å². The van der Waals surface area contributed by atoms with Crippen LogP contribution in [0.15, 0.2) is 219 Å². The molecule has 268 valence electrons. The Kier molecular flexibility index (Phi) is 9.47. The van der Waals surface area contributed by atoms with Crippen molar-refractivity contribution in [1.29, 1.82) is 0 Å². The lowest BCUT2D eigenvalue weighted by atomic mass is 10.0. The summed E-state index contributed by atoms with van der Waals surface area (Å²) in [5, 5.41) is 0. The van der Waals surface area contributed by atoms with E-state index in [9.17, 15) is 0 Å². The molecule has 3 aromatic heterocycles. The van der Waals surface area contributed by atoms with Crippen LogP contribution in [0, 0.1) is 0 Å². The highest BCUT2D eigenvalue weighted by atomic mass is 15.2. The van der Waals surface area contributed by atoms with E-state index in [1.54, 1.807) is 0 Å². The quantitative estimate of drug-likeness (QED) is 0.141. The van der Waals surface area contributed by atoms with Gasteiger partial charge in [-0.15, -0.1) is 0 Å². The Morgan fingerprint density at radius 2 is 0.607 bits per heavy atom. The number of nitrogens with zero attached hydrogens (tertiary/aromatic N) is 5. The molecule has 3 heterocycles. The van der Waals surface area contributed by atoms with Crippen molar-refractivity contribution in [1.82, 2.24) is 14.5 Å². The van der Waals surface area contributed by atoms with Gasteiger partial charge < -0.3 is 4.57 Å². The van der Waals surface area contributed by atoms with Crippen molar-refractivity contribution in [2.45, 2.75) is 0 Å². The first-order valence-electron chi connectivity index (χ1n) is 18.8. The average Bonchev–Trinajstić information content (AvgIpc) is 3.67. The molecule has 0 amide bonds. The third kappa shape index (κ3) is 6.97. The number of aromatic nitrogens is 3. The Labute approximate surface area is 328 Å². The molecule has 9 aromatic rings. The first-order chi connectivity index (χ1) is 27.7. The van der Waals surface area contributed by atoms with Gasteiger partial charge in [0.25, 0.3) is 0 Å². The molecule has 0 spiro atoms. The minimum atomic E-state index is 0.864. The van der Waals surface area contributed by atoms with E-state index in [1.807, 2.05) is 60.9 Å². The fourth-order valence-corrected chi connectivity index (χ4v) is 7.32. The molecule has 0 aliphatic carbocycles. The van der Waals surface area contributed by atoms with Crippen LogP contribution in [0.25, 0.3) is 44.8 Å². The summed E-state index contributed by atoms with van der Waals surface area (Å²) in [6.45, 7) is 0. The number of hydrogen-bond acceptors (Lipinski definition) is 4. The molecule has 9 rings (SSSR count). The molecule has 0 radical (unpaired) electrons. The highest BCUT2D eigenvalue weighted by Gasteiger charge is 2.17. The van der Waals surface area contributed by atoms with Crippen molar-refractivity contribution in [2.75, 3.05) is 9.80 Å². The third-order valence-electron chi connectivity index (χ3n) is 10.2. The Morgan fingerprint density at radius 1 is 0.304 bits per heavy atom. The van der Waals surface area contributed by atoms with Gasteiger partial charge in [-0.2, -0.15) is 0 Å². The molecule has 0 saturated carbocycles. The highest BCUT2D eigenvalue weighted by Crippen LogP contribution is 2.38. The summed E-state index contributed by atoms with van der Waals surface area (Å²) in [5.41, 5.74) is 13.5. The van der Waals surface area contributed by atoms with Gasteiger partial charge in [-0.1, -0.05) is 121 Å². The van der Waals surface area contributed by atoms with Crippen LogP contribution in [0.5, 0.6) is 0 Å². The summed E-state index contributed by atoms with van der Waals surface area (Å²) in [6.07, 6.45) is 3.68. The van der Waals surface area contributed by atoms with E-state index in [0.29, 0.717) is 0 Å². The highest BCUT2D eigenvalue weighted by molar-refractivity contribution is 5.81. The first kappa shape index (κ1) is 34.3. The van der Waals surface area contributed by atoms with Crippen molar-refractivity contribution >= 4 is 34.4 Å². The zero-order chi connectivity index (χ0) is 37.7. The Balaban J connectivity index is 0.982. The second-order valence-electron chi connectivity index (χ2n) is 13.6. The van der Waals surface area contributed by atoms with Crippen LogP contribution in [0.3, 0.4) is 0 Å². The fraction of sp³-hybridized carbons (Fsp3) is 0.0196. The van der Waals surface area contributed by atoms with Crippen molar-refractivity contribution in [3.8, 4) is 44.8 Å². The summed E-state index contributed by atoms with van der Waals surface area (Å²) in [7, 11) is 2.13. The summed E-state index contributed by atoms with van der Waals surface area (Å²) in [6, 6.07) is 72.2. The number of rotatable bonds is 10. The lowest BCUT2D eigenvalue weighted by Crippen LogP contribution is -2.11. The molecule has 0 fully saturated rings. The lowest BCUT2D eigenvalue weighted by molar-refractivity contribution is 0.946. The SMILES string of the molecule is Cn1c(-c2ccc(N(c3ccc(-c4ccccc4)cc3)c3ccccn3)cc2)ccc1-c1ccc(N(c2ccc(-c3ccccc3)cc2)c2ccccn2)cc1. The van der Waals surface area contributed by atoms with Crippen LogP contribution in [0.2, 0.25) is 0 Å². The minimum absolute atomic E-state index is 0.864. The predicted octanol–water partition coefficient (Wildman–Crippen LogP) is 13.4. The summed E-state index contributed by atoms with van der Waals surface area (Å²) in [4.78, 5) is 13.8. The Hall–Kier alpha value is -7.50. The molecular weight excluding hydrogens is 683 g/mol. The smallest absolute Gasteiger partial charge is 0.137 e. The molecule has 56 heavy (non-hydrogen) atoms. The summed E-state index contributed by atoms with van der Waals surface area (Å²) in [5.74, 6) is 1.73. The van der Waals surface area contributed by atoms with Crippen LogP contribution in [0.1, 0.15) is 0 Å². The van der Waals surface area contributed by atoms with Gasteiger partial charge in [0.1, 0.15) is 11.6 Å². The van der Waals surface area contributed by atoms with E-state index in [0.717, 1.165) is 56.9 Å². The van der Waals surface area contributed by atoms with E-state index in [1.165, 1.54) is 22.3 Å². The maximum absolute atomic E-state index is 4.73. The van der Waals surface area contributed by atoms with E-state index in [4.69, 9.17) is 9.97 Å². The van der Waals surface area contributed by atoms with Gasteiger partial charge in [0.05, 0.1) is 0 Å². The maximum atomic E-state index is 4.73. The van der Waals surface area contributed by atoms with Gasteiger partial charge in [0.15, 0.2) is 0 Å². The third-order valence-corrected chi connectivity index (χ3v) is 10.2. The minimum Gasteiger partial charge on any atom is -0.344 e. The molecule has 6 aromatic carbocycles. The van der Waals surface area contributed by atoms with E-state index in [-0.39, 0.29) is 0 Å². The van der Waals surface area contributed by atoms with Gasteiger partial charge >= 0.3 is 0 Å². The Bertz CT molecular complexity index is 2450. The molecule has 0 aliphatic heterocycles.